The molecule has 5 atom stereocenters. The summed E-state index contributed by atoms with van der Waals surface area (Å²) in [5, 5.41) is 23.5. The lowest BCUT2D eigenvalue weighted by molar-refractivity contribution is -0.198. The van der Waals surface area contributed by atoms with Gasteiger partial charge in [-0.2, -0.15) is 0 Å². The molecule has 36 heavy (non-hydrogen) atoms. The Morgan fingerprint density at radius 3 is 2.14 bits per heavy atom. The summed E-state index contributed by atoms with van der Waals surface area (Å²) in [4.78, 5) is 23.9. The first kappa shape index (κ1) is 32.3. The van der Waals surface area contributed by atoms with Gasteiger partial charge in [0.15, 0.2) is 0 Å². The second kappa shape index (κ2) is 20.4. The van der Waals surface area contributed by atoms with E-state index in [0.29, 0.717) is 19.3 Å². The van der Waals surface area contributed by atoms with Gasteiger partial charge in [0, 0.05) is 12.8 Å². The number of ether oxygens (including phenoxy) is 2. The monoisotopic (exact) mass is 509 g/mol. The molecule has 1 heterocycles. The quantitative estimate of drug-likeness (QED) is 0.127. The van der Waals surface area contributed by atoms with Gasteiger partial charge in [-0.3, -0.25) is 9.59 Å². The number of esters is 1. The van der Waals surface area contributed by atoms with Crippen molar-refractivity contribution in [3.63, 3.8) is 0 Å². The maximum atomic E-state index is 12.1. The fourth-order valence-electron chi connectivity index (χ4n) is 4.30. The number of rotatable bonds is 19. The average Bonchev–Trinajstić information content (AvgIpc) is 2.85. The maximum Gasteiger partial charge on any atom is 0.305 e. The Kier molecular flexibility index (Phi) is 18.3. The zero-order valence-electron chi connectivity index (χ0n) is 22.8. The van der Waals surface area contributed by atoms with Crippen molar-refractivity contribution in [3.05, 3.63) is 24.3 Å². The van der Waals surface area contributed by atoms with Crippen LogP contribution in [0.2, 0.25) is 0 Å². The van der Waals surface area contributed by atoms with Gasteiger partial charge in [-0.05, 0) is 51.9 Å². The third-order valence-corrected chi connectivity index (χ3v) is 6.54. The van der Waals surface area contributed by atoms with E-state index in [1.165, 1.54) is 32.1 Å². The molecule has 7 nitrogen and oxygen atoms in total. The molecule has 0 aliphatic carbocycles. The molecule has 0 saturated carbocycles. The van der Waals surface area contributed by atoms with Crippen LogP contribution in [0.25, 0.3) is 0 Å². The lowest BCUT2D eigenvalue weighted by Gasteiger charge is -2.41. The second-order valence-corrected chi connectivity index (χ2v) is 9.87. The fourth-order valence-corrected chi connectivity index (χ4v) is 4.30. The number of aliphatic hydroxyl groups is 2. The van der Waals surface area contributed by atoms with Gasteiger partial charge >= 0.3 is 5.97 Å². The second-order valence-electron chi connectivity index (χ2n) is 9.87. The van der Waals surface area contributed by atoms with E-state index in [4.69, 9.17) is 9.47 Å². The zero-order chi connectivity index (χ0) is 26.6. The number of hydrogen-bond acceptors (Lipinski definition) is 6. The largest absolute Gasteiger partial charge is 0.463 e. The SMILES string of the molecule is CCCCC/C=C\C/C=C\CCCCCCCC(=O)OC[C@H]1OC(C)[C@H](NC(=O)CCC)[C@@H](O)[C@@H]1O. The van der Waals surface area contributed by atoms with Crippen molar-refractivity contribution < 1.29 is 29.3 Å². The molecule has 1 rings (SSSR count). The number of hydrogen-bond donors (Lipinski definition) is 3. The molecule has 0 radical (unpaired) electrons. The Labute approximate surface area is 218 Å². The Balaban J connectivity index is 2.09. The first-order chi connectivity index (χ1) is 17.4. The normalized spacial score (nSPS) is 24.4. The number of allylic oxidation sites excluding steroid dienone is 4. The number of aliphatic hydroxyl groups excluding tert-OH is 2. The summed E-state index contributed by atoms with van der Waals surface area (Å²) in [6.07, 6.45) is 19.0. The summed E-state index contributed by atoms with van der Waals surface area (Å²) in [6, 6.07) is -0.696. The van der Waals surface area contributed by atoms with Gasteiger partial charge in [-0.25, -0.2) is 0 Å². The van der Waals surface area contributed by atoms with Gasteiger partial charge in [-0.1, -0.05) is 70.3 Å². The summed E-state index contributed by atoms with van der Waals surface area (Å²) in [5.74, 6) is -0.511. The molecule has 208 valence electrons. The molecule has 0 spiro atoms. The first-order valence-corrected chi connectivity index (χ1v) is 14.2. The van der Waals surface area contributed by atoms with Gasteiger partial charge in [0.1, 0.15) is 24.9 Å². The Morgan fingerprint density at radius 2 is 1.47 bits per heavy atom. The summed E-state index contributed by atoms with van der Waals surface area (Å²) in [7, 11) is 0. The first-order valence-electron chi connectivity index (χ1n) is 14.2. The van der Waals surface area contributed by atoms with Crippen LogP contribution in [0.4, 0.5) is 0 Å². The minimum absolute atomic E-state index is 0.114. The van der Waals surface area contributed by atoms with E-state index in [9.17, 15) is 19.8 Å². The molecule has 1 fully saturated rings. The fraction of sp³-hybridized carbons (Fsp3) is 0.793. The van der Waals surface area contributed by atoms with Crippen molar-refractivity contribution in [3.8, 4) is 0 Å². The average molecular weight is 510 g/mol. The number of unbranched alkanes of at least 4 members (excludes halogenated alkanes) is 8. The molecule has 1 unspecified atom stereocenters. The summed E-state index contributed by atoms with van der Waals surface area (Å²) in [6.45, 7) is 5.73. The lowest BCUT2D eigenvalue weighted by Crippen LogP contribution is -2.63. The van der Waals surface area contributed by atoms with Crippen LogP contribution < -0.4 is 5.32 Å². The third-order valence-electron chi connectivity index (χ3n) is 6.54. The van der Waals surface area contributed by atoms with Crippen LogP contribution in [0.15, 0.2) is 24.3 Å². The van der Waals surface area contributed by atoms with Gasteiger partial charge < -0.3 is 25.0 Å². The van der Waals surface area contributed by atoms with E-state index in [-0.39, 0.29) is 18.5 Å². The van der Waals surface area contributed by atoms with E-state index >= 15 is 0 Å². The van der Waals surface area contributed by atoms with E-state index in [1.54, 1.807) is 6.92 Å². The van der Waals surface area contributed by atoms with Crippen LogP contribution in [-0.4, -0.2) is 59.2 Å². The molecule has 0 aromatic carbocycles. The van der Waals surface area contributed by atoms with Crippen LogP contribution in [0, 0.1) is 0 Å². The molecule has 0 aromatic rings. The van der Waals surface area contributed by atoms with Gasteiger partial charge in [0.25, 0.3) is 0 Å². The summed E-state index contributed by atoms with van der Waals surface area (Å²) >= 11 is 0. The van der Waals surface area contributed by atoms with Crippen molar-refractivity contribution >= 4 is 11.9 Å². The predicted octanol–water partition coefficient (Wildman–Crippen LogP) is 5.14. The smallest absolute Gasteiger partial charge is 0.305 e. The topological polar surface area (TPSA) is 105 Å². The molecule has 1 aliphatic heterocycles. The van der Waals surface area contributed by atoms with Gasteiger partial charge in [-0.15, -0.1) is 0 Å². The van der Waals surface area contributed by atoms with Crippen molar-refractivity contribution in [1.82, 2.24) is 5.32 Å². The lowest BCUT2D eigenvalue weighted by atomic mass is 9.93. The van der Waals surface area contributed by atoms with Crippen molar-refractivity contribution in [2.45, 2.75) is 141 Å². The summed E-state index contributed by atoms with van der Waals surface area (Å²) in [5.41, 5.74) is 0. The molecule has 3 N–H and O–H groups in total. The molecule has 1 aliphatic rings. The molecule has 7 heteroatoms. The Morgan fingerprint density at radius 1 is 0.833 bits per heavy atom. The van der Waals surface area contributed by atoms with Crippen LogP contribution in [0.1, 0.15) is 111 Å². The van der Waals surface area contributed by atoms with Crippen molar-refractivity contribution in [2.24, 2.45) is 0 Å². The Hall–Kier alpha value is -1.70. The van der Waals surface area contributed by atoms with Crippen LogP contribution in [0.5, 0.6) is 0 Å². The standard InChI is InChI=1S/C29H51NO6/c1-4-6-7-8-9-10-11-12-13-14-15-16-17-18-19-21-26(32)35-22-24-28(33)29(34)27(23(3)36-24)30-25(31)20-5-2/h9-10,12-13,23-24,27-29,33-34H,4-8,11,14-22H2,1-3H3,(H,30,31)/b10-9-,13-12-/t23?,24-,27+,28-,29-/m1/s1. The van der Waals surface area contributed by atoms with Crippen LogP contribution in [0.3, 0.4) is 0 Å². The number of carbonyl (C=O) groups excluding carboxylic acids is 2. The van der Waals surface area contributed by atoms with Crippen molar-refractivity contribution in [1.29, 1.82) is 0 Å². The number of amides is 1. The van der Waals surface area contributed by atoms with E-state index in [0.717, 1.165) is 38.5 Å². The van der Waals surface area contributed by atoms with Gasteiger partial charge in [0.05, 0.1) is 12.1 Å². The zero-order valence-corrected chi connectivity index (χ0v) is 22.8. The minimum Gasteiger partial charge on any atom is -0.463 e. The van der Waals surface area contributed by atoms with E-state index < -0.39 is 30.5 Å². The molecule has 1 saturated heterocycles. The molecule has 1 amide bonds. The molecular weight excluding hydrogens is 458 g/mol. The number of nitrogens with one attached hydrogen (secondary N) is 1. The third kappa shape index (κ3) is 14.1. The molecule has 0 bridgehead atoms. The van der Waals surface area contributed by atoms with Crippen molar-refractivity contribution in [2.75, 3.05) is 6.61 Å². The molecule has 0 aromatic heterocycles. The van der Waals surface area contributed by atoms with Crippen LogP contribution in [-0.2, 0) is 19.1 Å². The highest BCUT2D eigenvalue weighted by Gasteiger charge is 2.43. The maximum absolute atomic E-state index is 12.1. The number of carbonyl (C=O) groups is 2. The highest BCUT2D eigenvalue weighted by Crippen LogP contribution is 2.22. The molecular formula is C29H51NO6. The van der Waals surface area contributed by atoms with Crippen LogP contribution >= 0.6 is 0 Å². The Bertz CT molecular complexity index is 650. The highest BCUT2D eigenvalue weighted by molar-refractivity contribution is 5.76. The van der Waals surface area contributed by atoms with E-state index in [2.05, 4.69) is 36.5 Å². The highest BCUT2D eigenvalue weighted by atomic mass is 16.6. The minimum atomic E-state index is -1.24. The van der Waals surface area contributed by atoms with Gasteiger partial charge in [0.2, 0.25) is 5.91 Å². The van der Waals surface area contributed by atoms with E-state index in [1.807, 2.05) is 6.92 Å². The summed E-state index contributed by atoms with van der Waals surface area (Å²) < 4.78 is 11.0. The predicted molar refractivity (Wildman–Crippen MR) is 144 cm³/mol.